The van der Waals surface area contributed by atoms with Gasteiger partial charge in [-0.2, -0.15) is 5.26 Å². The zero-order valence-corrected chi connectivity index (χ0v) is 31.5. The van der Waals surface area contributed by atoms with Crippen LogP contribution in [0.4, 0.5) is 0 Å². The molecule has 0 bridgehead atoms. The molecule has 0 saturated heterocycles. The highest BCUT2D eigenvalue weighted by atomic mass is 16.3. The summed E-state index contributed by atoms with van der Waals surface area (Å²) in [5.41, 5.74) is 10.6. The minimum absolute atomic E-state index is 0.460. The lowest BCUT2D eigenvalue weighted by atomic mass is 9.98. The quantitative estimate of drug-likeness (QED) is 0.190. The van der Waals surface area contributed by atoms with Gasteiger partial charge < -0.3 is 18.9 Å². The Bertz CT molecular complexity index is 3590. The Morgan fingerprint density at radius 3 is 1.78 bits per heavy atom. The van der Waals surface area contributed by atoms with E-state index in [2.05, 4.69) is 118 Å². The van der Waals surface area contributed by atoms with Gasteiger partial charge in [-0.05, 0) is 48.5 Å². The van der Waals surface area contributed by atoms with Crippen LogP contribution in [-0.2, 0) is 0 Å². The Morgan fingerprint density at radius 2 is 1.10 bits per heavy atom. The SMILES string of the molecule is N#Cc1cc(-n2c3ccccc3c3c4c5ccccc5n(-c5ccccc5)c4ccc32)c2c(oc3ccccc32)c1C1N=C(c2ccccc2)N=C(c2ccccc2)N1. The number of hydrogen-bond donors (Lipinski definition) is 1. The molecule has 1 aliphatic rings. The predicted octanol–water partition coefficient (Wildman–Crippen LogP) is 12.1. The maximum absolute atomic E-state index is 11.2. The van der Waals surface area contributed by atoms with Crippen LogP contribution in [0.2, 0.25) is 0 Å². The molecule has 3 aromatic heterocycles. The summed E-state index contributed by atoms with van der Waals surface area (Å²) in [6.07, 6.45) is -0.674. The number of nitrogens with one attached hydrogen (secondary N) is 1. The van der Waals surface area contributed by atoms with Crippen LogP contribution in [0.25, 0.3) is 76.9 Å². The third kappa shape index (κ3) is 4.94. The minimum atomic E-state index is -0.674. The highest BCUT2D eigenvalue weighted by Crippen LogP contribution is 2.46. The van der Waals surface area contributed by atoms with Crippen molar-refractivity contribution in [3.8, 4) is 17.4 Å². The lowest BCUT2D eigenvalue weighted by Gasteiger charge is -2.25. The van der Waals surface area contributed by atoms with Crippen LogP contribution in [0.3, 0.4) is 0 Å². The molecular formula is C52H32N6O. The first-order valence-electron chi connectivity index (χ1n) is 19.7. The molecule has 1 aliphatic heterocycles. The van der Waals surface area contributed by atoms with E-state index in [1.807, 2.05) is 84.9 Å². The van der Waals surface area contributed by atoms with Gasteiger partial charge in [0.2, 0.25) is 0 Å². The first kappa shape index (κ1) is 33.0. The molecule has 59 heavy (non-hydrogen) atoms. The number of nitrogens with zero attached hydrogens (tertiary/aromatic N) is 5. The topological polar surface area (TPSA) is 83.5 Å². The fourth-order valence-corrected chi connectivity index (χ4v) is 9.13. The number of hydrogen-bond acceptors (Lipinski definition) is 5. The van der Waals surface area contributed by atoms with Crippen LogP contribution in [0.1, 0.15) is 28.4 Å². The van der Waals surface area contributed by atoms with Crippen LogP contribution in [0, 0.1) is 11.3 Å². The summed E-state index contributed by atoms with van der Waals surface area (Å²) >= 11 is 0. The molecule has 1 N–H and O–H groups in total. The molecule has 7 nitrogen and oxygen atoms in total. The van der Waals surface area contributed by atoms with Gasteiger partial charge in [-0.15, -0.1) is 0 Å². The second-order valence-electron chi connectivity index (χ2n) is 14.9. The zero-order chi connectivity index (χ0) is 39.0. The molecule has 0 saturated carbocycles. The number of nitriles is 1. The molecule has 4 heterocycles. The molecule has 0 aliphatic carbocycles. The van der Waals surface area contributed by atoms with Crippen molar-refractivity contribution in [3.05, 3.63) is 204 Å². The number of rotatable bonds is 5. The van der Waals surface area contributed by atoms with E-state index in [9.17, 15) is 5.26 Å². The number of fused-ring (bicyclic) bond motifs is 10. The summed E-state index contributed by atoms with van der Waals surface area (Å²) in [6, 6.07) is 65.0. The zero-order valence-electron chi connectivity index (χ0n) is 31.5. The van der Waals surface area contributed by atoms with Crippen LogP contribution in [-0.4, -0.2) is 20.8 Å². The standard InChI is InChI=1S/C52H32N6O/c53-31-34-30-43(58-40-26-14-11-23-37(40)47-42(58)29-28-41-46(47)36-22-10-13-25-39(36)57(41)35-20-8-3-9-21-35)48-38-24-12-15-27-44(38)59-49(48)45(34)52-55-50(32-16-4-1-5-17-32)54-51(56-52)33-18-6-2-7-19-33/h1-30,52H,(H,54,55,56). The highest BCUT2D eigenvalue weighted by molar-refractivity contribution is 6.29. The van der Waals surface area contributed by atoms with Gasteiger partial charge in [0.05, 0.1) is 50.3 Å². The molecule has 1 unspecified atom stereocenters. The average molecular weight is 757 g/mol. The third-order valence-electron chi connectivity index (χ3n) is 11.6. The molecule has 276 valence electrons. The number of furan rings is 1. The van der Waals surface area contributed by atoms with Crippen LogP contribution >= 0.6 is 0 Å². The molecule has 11 aromatic rings. The first-order valence-corrected chi connectivity index (χ1v) is 19.7. The smallest absolute Gasteiger partial charge is 0.159 e. The molecular weight excluding hydrogens is 725 g/mol. The van der Waals surface area contributed by atoms with E-state index in [1.165, 1.54) is 10.8 Å². The molecule has 0 spiro atoms. The summed E-state index contributed by atoms with van der Waals surface area (Å²) < 4.78 is 11.6. The van der Waals surface area contributed by atoms with Gasteiger partial charge in [0.1, 0.15) is 17.0 Å². The molecule has 8 aromatic carbocycles. The Balaban J connectivity index is 1.17. The van der Waals surface area contributed by atoms with Crippen molar-refractivity contribution in [2.45, 2.75) is 6.17 Å². The summed E-state index contributed by atoms with van der Waals surface area (Å²) in [4.78, 5) is 10.2. The number of para-hydroxylation sites is 4. The normalized spacial score (nSPS) is 14.3. The van der Waals surface area contributed by atoms with Crippen molar-refractivity contribution in [2.75, 3.05) is 0 Å². The monoisotopic (exact) mass is 756 g/mol. The lowest BCUT2D eigenvalue weighted by molar-refractivity contribution is 0.627. The molecule has 12 rings (SSSR count). The predicted molar refractivity (Wildman–Crippen MR) is 239 cm³/mol. The number of amidine groups is 2. The molecule has 0 fully saturated rings. The maximum Gasteiger partial charge on any atom is 0.159 e. The Labute approximate surface area is 338 Å². The number of aliphatic imine (C=N–C) groups is 2. The fourth-order valence-electron chi connectivity index (χ4n) is 9.13. The molecule has 7 heteroatoms. The van der Waals surface area contributed by atoms with E-state index >= 15 is 0 Å². The Hall–Kier alpha value is -8.21. The summed E-state index contributed by atoms with van der Waals surface area (Å²) in [7, 11) is 0. The van der Waals surface area contributed by atoms with E-state index in [4.69, 9.17) is 14.4 Å². The number of aromatic nitrogens is 2. The summed E-state index contributed by atoms with van der Waals surface area (Å²) in [5, 5.41) is 21.3. The van der Waals surface area contributed by atoms with Crippen LogP contribution < -0.4 is 5.32 Å². The van der Waals surface area contributed by atoms with Crippen molar-refractivity contribution < 1.29 is 4.42 Å². The Kier molecular flexibility index (Phi) is 7.22. The molecule has 0 radical (unpaired) electrons. The first-order chi connectivity index (χ1) is 29.2. The van der Waals surface area contributed by atoms with Gasteiger partial charge in [0, 0.05) is 43.7 Å². The molecule has 0 amide bonds. The van der Waals surface area contributed by atoms with Crippen molar-refractivity contribution in [1.29, 1.82) is 5.26 Å². The van der Waals surface area contributed by atoms with Gasteiger partial charge in [-0.25, -0.2) is 9.98 Å². The summed E-state index contributed by atoms with van der Waals surface area (Å²) in [6.45, 7) is 0. The molecule has 1 atom stereocenters. The lowest BCUT2D eigenvalue weighted by Crippen LogP contribution is -2.34. The van der Waals surface area contributed by atoms with Gasteiger partial charge >= 0.3 is 0 Å². The van der Waals surface area contributed by atoms with Gasteiger partial charge in [-0.3, -0.25) is 0 Å². The maximum atomic E-state index is 11.2. The van der Waals surface area contributed by atoms with E-state index in [0.717, 1.165) is 71.7 Å². The van der Waals surface area contributed by atoms with Gasteiger partial charge in [0.25, 0.3) is 0 Å². The fraction of sp³-hybridized carbons (Fsp3) is 0.0192. The van der Waals surface area contributed by atoms with Crippen LogP contribution in [0.5, 0.6) is 0 Å². The van der Waals surface area contributed by atoms with Crippen molar-refractivity contribution in [3.63, 3.8) is 0 Å². The average Bonchev–Trinajstić information content (AvgIpc) is 3.97. The minimum Gasteiger partial charge on any atom is -0.455 e. The largest absolute Gasteiger partial charge is 0.455 e. The highest BCUT2D eigenvalue weighted by Gasteiger charge is 2.30. The van der Waals surface area contributed by atoms with E-state index in [-0.39, 0.29) is 0 Å². The van der Waals surface area contributed by atoms with Crippen molar-refractivity contribution >= 4 is 77.2 Å². The van der Waals surface area contributed by atoms with Crippen molar-refractivity contribution in [2.24, 2.45) is 9.98 Å². The van der Waals surface area contributed by atoms with E-state index in [0.29, 0.717) is 28.4 Å². The second-order valence-corrected chi connectivity index (χ2v) is 14.9. The second kappa shape index (κ2) is 12.9. The third-order valence-corrected chi connectivity index (χ3v) is 11.6. The van der Waals surface area contributed by atoms with E-state index in [1.54, 1.807) is 0 Å². The summed E-state index contributed by atoms with van der Waals surface area (Å²) in [5.74, 6) is 1.24. The number of benzene rings is 8. The van der Waals surface area contributed by atoms with Crippen LogP contribution in [0.15, 0.2) is 196 Å². The van der Waals surface area contributed by atoms with Gasteiger partial charge in [-0.1, -0.05) is 133 Å². The Morgan fingerprint density at radius 1 is 0.542 bits per heavy atom. The van der Waals surface area contributed by atoms with Gasteiger partial charge in [0.15, 0.2) is 12.0 Å². The van der Waals surface area contributed by atoms with Crippen molar-refractivity contribution in [1.82, 2.24) is 14.5 Å². The van der Waals surface area contributed by atoms with E-state index < -0.39 is 6.17 Å².